The van der Waals surface area contributed by atoms with Crippen LogP contribution in [-0.4, -0.2) is 6.71 Å². The maximum Gasteiger partial charge on any atom is 0.264 e. The molecule has 0 bridgehead atoms. The summed E-state index contributed by atoms with van der Waals surface area (Å²) in [6.07, 6.45) is 0. The number of nitrogens with zero attached hydrogens (tertiary/aromatic N) is 2. The van der Waals surface area contributed by atoms with Crippen LogP contribution in [0, 0.1) is 20.8 Å². The molecule has 4 aliphatic rings. The highest BCUT2D eigenvalue weighted by Crippen LogP contribution is 2.64. The number of hydrogen-bond acceptors (Lipinski definition) is 3. The van der Waals surface area contributed by atoms with Crippen molar-refractivity contribution >= 4 is 78.0 Å². The van der Waals surface area contributed by atoms with Gasteiger partial charge in [-0.05, 0) is 147 Å². The van der Waals surface area contributed by atoms with Gasteiger partial charge in [0.25, 0.3) is 6.71 Å². The topological polar surface area (TPSA) is 6.48 Å². The largest absolute Gasteiger partial charge is 0.311 e. The van der Waals surface area contributed by atoms with Crippen LogP contribution >= 0.6 is 11.3 Å². The van der Waals surface area contributed by atoms with Crippen LogP contribution in [0.15, 0.2) is 164 Å². The van der Waals surface area contributed by atoms with Gasteiger partial charge in [0.15, 0.2) is 0 Å². The lowest BCUT2D eigenvalue weighted by Gasteiger charge is -2.43. The van der Waals surface area contributed by atoms with Crippen LogP contribution < -0.4 is 25.5 Å². The first-order chi connectivity index (χ1) is 30.1. The van der Waals surface area contributed by atoms with Gasteiger partial charge in [-0.3, -0.25) is 0 Å². The van der Waals surface area contributed by atoms with Crippen LogP contribution in [0.4, 0.5) is 34.1 Å². The number of aryl methyl sites for hydroxylation is 3. The predicted octanol–water partition coefficient (Wildman–Crippen LogP) is 13.6. The fourth-order valence-corrected chi connectivity index (χ4v) is 13.0. The van der Waals surface area contributed by atoms with Crippen LogP contribution in [-0.2, 0) is 10.8 Å². The molecule has 9 aromatic rings. The predicted molar refractivity (Wildman–Crippen MR) is 265 cm³/mol. The van der Waals surface area contributed by atoms with Gasteiger partial charge in [-0.15, -0.1) is 11.3 Å². The molecule has 0 radical (unpaired) electrons. The van der Waals surface area contributed by atoms with E-state index in [0.717, 1.165) is 0 Å². The maximum absolute atomic E-state index is 2.63. The number of fused-ring (bicyclic) bond motifs is 16. The molecule has 1 aromatic heterocycles. The van der Waals surface area contributed by atoms with Crippen LogP contribution in [0.2, 0.25) is 0 Å². The number of thiophene rings is 1. The van der Waals surface area contributed by atoms with E-state index in [2.05, 4.69) is 215 Å². The van der Waals surface area contributed by atoms with Gasteiger partial charge < -0.3 is 9.80 Å². The van der Waals surface area contributed by atoms with E-state index in [1.807, 2.05) is 11.3 Å². The highest BCUT2D eigenvalue weighted by atomic mass is 32.1. The summed E-state index contributed by atoms with van der Waals surface area (Å²) in [7, 11) is 0. The van der Waals surface area contributed by atoms with Gasteiger partial charge in [0.2, 0.25) is 0 Å². The molecule has 296 valence electrons. The lowest BCUT2D eigenvalue weighted by Crippen LogP contribution is -2.60. The molecule has 2 aliphatic heterocycles. The highest BCUT2D eigenvalue weighted by molar-refractivity contribution is 7.33. The Morgan fingerprint density at radius 1 is 0.484 bits per heavy atom. The molecule has 0 fully saturated rings. The third kappa shape index (κ3) is 4.66. The summed E-state index contributed by atoms with van der Waals surface area (Å²) in [5, 5.41) is 1.32. The molecule has 0 amide bonds. The summed E-state index contributed by atoms with van der Waals surface area (Å²) in [6.45, 7) is 13.7. The third-order valence-corrected chi connectivity index (χ3v) is 15.6. The van der Waals surface area contributed by atoms with Crippen molar-refractivity contribution in [3.8, 4) is 22.3 Å². The molecule has 13 rings (SSSR count). The Kier molecular flexibility index (Phi) is 7.27. The summed E-state index contributed by atoms with van der Waals surface area (Å²) >= 11 is 2.00. The van der Waals surface area contributed by atoms with Gasteiger partial charge in [0, 0.05) is 43.3 Å². The SMILES string of the molecule is Cc1ccc(N2c3ccccc3B3c4sc5cc6c(cc5c4N(c4ccc(C(C)(C)C)cc4)c4cc(C)cc2c43)C2(c3ccccc3-c3ccccc32)c2cc(C)ccc2-6)cc1. The van der Waals surface area contributed by atoms with E-state index in [-0.39, 0.29) is 12.1 Å². The van der Waals surface area contributed by atoms with Crippen LogP contribution in [0.5, 0.6) is 0 Å². The zero-order valence-electron chi connectivity index (χ0n) is 36.0. The number of benzene rings is 8. The van der Waals surface area contributed by atoms with Crippen molar-refractivity contribution in [1.29, 1.82) is 0 Å². The van der Waals surface area contributed by atoms with E-state index in [9.17, 15) is 0 Å². The third-order valence-electron chi connectivity index (χ3n) is 14.4. The average molecular weight is 813 g/mol. The minimum Gasteiger partial charge on any atom is -0.311 e. The van der Waals surface area contributed by atoms with Gasteiger partial charge in [-0.2, -0.15) is 0 Å². The van der Waals surface area contributed by atoms with Gasteiger partial charge >= 0.3 is 0 Å². The van der Waals surface area contributed by atoms with Crippen LogP contribution in [0.3, 0.4) is 0 Å². The van der Waals surface area contributed by atoms with E-state index in [4.69, 9.17) is 0 Å². The number of hydrogen-bond donors (Lipinski definition) is 0. The number of para-hydroxylation sites is 1. The molecule has 2 nitrogen and oxygen atoms in total. The van der Waals surface area contributed by atoms with Crippen molar-refractivity contribution in [3.63, 3.8) is 0 Å². The Balaban J connectivity index is 1.15. The van der Waals surface area contributed by atoms with Gasteiger partial charge in [-0.25, -0.2) is 0 Å². The fraction of sp³-hybridized carbons (Fsp3) is 0.138. The average Bonchev–Trinajstić information content (AvgIpc) is 3.89. The minimum atomic E-state index is -0.422. The van der Waals surface area contributed by atoms with E-state index in [1.54, 1.807) is 0 Å². The Morgan fingerprint density at radius 2 is 1.06 bits per heavy atom. The molecule has 0 N–H and O–H groups in total. The summed E-state index contributed by atoms with van der Waals surface area (Å²) in [5.74, 6) is 0. The monoisotopic (exact) mass is 812 g/mol. The zero-order chi connectivity index (χ0) is 41.8. The van der Waals surface area contributed by atoms with Crippen LogP contribution in [0.25, 0.3) is 32.3 Å². The molecule has 0 unspecified atom stereocenters. The summed E-state index contributed by atoms with van der Waals surface area (Å²) in [5.41, 5.74) is 25.9. The van der Waals surface area contributed by atoms with Gasteiger partial charge in [0.05, 0.1) is 11.1 Å². The van der Waals surface area contributed by atoms with Crippen molar-refractivity contribution in [2.75, 3.05) is 9.80 Å². The van der Waals surface area contributed by atoms with Crippen molar-refractivity contribution in [3.05, 3.63) is 208 Å². The first-order valence-corrected chi connectivity index (χ1v) is 22.9. The molecule has 1 spiro atoms. The van der Waals surface area contributed by atoms with E-state index >= 15 is 0 Å². The molecule has 0 saturated carbocycles. The standard InChI is InChI=1S/C58H45BN2S/c1-34-19-24-38(25-20-34)60-50-18-12-11-17-49(50)59-54-51(60)30-36(3)31-52(54)61(39-26-22-37(23-27-39)57(4,5)6)55-44-32-48-43(33-53(44)62-56(55)59)42-28-21-35(2)29-47(42)58(48)45-15-9-7-13-40(45)41-14-8-10-16-46(41)58/h7-33H,1-6H3. The fourth-order valence-electron chi connectivity index (χ4n) is 11.7. The Morgan fingerprint density at radius 3 is 1.77 bits per heavy atom. The second kappa shape index (κ2) is 12.5. The molecular weight excluding hydrogens is 768 g/mol. The molecule has 62 heavy (non-hydrogen) atoms. The summed E-state index contributed by atoms with van der Waals surface area (Å²) < 4.78 is 2.74. The molecule has 0 saturated heterocycles. The van der Waals surface area contributed by atoms with E-state index in [0.29, 0.717) is 0 Å². The number of rotatable bonds is 2. The van der Waals surface area contributed by atoms with Crippen molar-refractivity contribution < 1.29 is 0 Å². The van der Waals surface area contributed by atoms with Crippen molar-refractivity contribution in [2.45, 2.75) is 52.4 Å². The maximum atomic E-state index is 2.63. The molecule has 8 aromatic carbocycles. The Labute approximate surface area is 368 Å². The first-order valence-electron chi connectivity index (χ1n) is 22.0. The second-order valence-electron chi connectivity index (χ2n) is 19.1. The summed E-state index contributed by atoms with van der Waals surface area (Å²) in [4.78, 5) is 5.15. The zero-order valence-corrected chi connectivity index (χ0v) is 36.8. The Bertz CT molecular complexity index is 3340. The van der Waals surface area contributed by atoms with Crippen molar-refractivity contribution in [1.82, 2.24) is 0 Å². The van der Waals surface area contributed by atoms with Crippen molar-refractivity contribution in [2.24, 2.45) is 0 Å². The Hall–Kier alpha value is -6.62. The lowest BCUT2D eigenvalue weighted by molar-refractivity contribution is 0.590. The number of anilines is 6. The van der Waals surface area contributed by atoms with Gasteiger partial charge in [-0.1, -0.05) is 141 Å². The van der Waals surface area contributed by atoms with Gasteiger partial charge in [0.1, 0.15) is 0 Å². The van der Waals surface area contributed by atoms with E-state index in [1.165, 1.54) is 127 Å². The van der Waals surface area contributed by atoms with Crippen LogP contribution in [0.1, 0.15) is 65.3 Å². The first kappa shape index (κ1) is 36.1. The second-order valence-corrected chi connectivity index (χ2v) is 20.2. The quantitative estimate of drug-likeness (QED) is 0.160. The normalized spacial score (nSPS) is 14.6. The molecule has 4 heteroatoms. The molecule has 3 heterocycles. The summed E-state index contributed by atoms with van der Waals surface area (Å²) in [6, 6.07) is 63.2. The molecule has 0 atom stereocenters. The minimum absolute atomic E-state index is 0.0443. The lowest BCUT2D eigenvalue weighted by atomic mass is 9.36. The molecular formula is C58H45BN2S. The smallest absolute Gasteiger partial charge is 0.264 e. The van der Waals surface area contributed by atoms with E-state index < -0.39 is 5.41 Å². The highest BCUT2D eigenvalue weighted by Gasteiger charge is 2.53. The molecule has 2 aliphatic carbocycles.